The van der Waals surface area contributed by atoms with Gasteiger partial charge in [-0.15, -0.1) is 0 Å². The van der Waals surface area contributed by atoms with Gasteiger partial charge in [0.1, 0.15) is 0 Å². The summed E-state index contributed by atoms with van der Waals surface area (Å²) in [6, 6.07) is 10.3. The zero-order valence-electron chi connectivity index (χ0n) is 14.0. The molecule has 2 heterocycles. The minimum atomic E-state index is -0.153. The van der Waals surface area contributed by atoms with Crippen molar-refractivity contribution in [3.63, 3.8) is 0 Å². The highest BCUT2D eigenvalue weighted by atomic mass is 16.5. The Morgan fingerprint density at radius 3 is 2.88 bits per heavy atom. The first-order chi connectivity index (χ1) is 11.8. The van der Waals surface area contributed by atoms with Gasteiger partial charge in [0.25, 0.3) is 5.91 Å². The third kappa shape index (κ3) is 4.36. The van der Waals surface area contributed by atoms with Gasteiger partial charge >= 0.3 is 0 Å². The number of allylic oxidation sites excluding steroid dienone is 1. The first-order valence-electron chi connectivity index (χ1n) is 8.77. The number of likely N-dealkylation sites (tertiary alicyclic amines) is 1. The SMILES string of the molecule is O=C(NC1CN(Cc2ccccc2)CCC1CO)C1=CCCCO1. The molecule has 2 aliphatic heterocycles. The van der Waals surface area contributed by atoms with Crippen molar-refractivity contribution in [2.75, 3.05) is 26.3 Å². The van der Waals surface area contributed by atoms with E-state index in [-0.39, 0.29) is 24.5 Å². The molecule has 0 radical (unpaired) electrons. The number of rotatable bonds is 5. The number of carbonyl (C=O) groups is 1. The van der Waals surface area contributed by atoms with Crippen LogP contribution in [0.15, 0.2) is 42.2 Å². The van der Waals surface area contributed by atoms with E-state index in [1.54, 1.807) is 0 Å². The third-order valence-electron chi connectivity index (χ3n) is 4.80. The summed E-state index contributed by atoms with van der Waals surface area (Å²) in [4.78, 5) is 14.7. The van der Waals surface area contributed by atoms with E-state index in [2.05, 4.69) is 22.3 Å². The lowest BCUT2D eigenvalue weighted by molar-refractivity contribution is -0.123. The number of nitrogens with zero attached hydrogens (tertiary/aromatic N) is 1. The number of aliphatic hydroxyl groups excluding tert-OH is 1. The summed E-state index contributed by atoms with van der Waals surface area (Å²) in [7, 11) is 0. The summed E-state index contributed by atoms with van der Waals surface area (Å²) >= 11 is 0. The molecule has 1 saturated heterocycles. The fourth-order valence-corrected chi connectivity index (χ4v) is 3.39. The van der Waals surface area contributed by atoms with Crippen LogP contribution in [0.5, 0.6) is 0 Å². The number of aliphatic hydroxyl groups is 1. The van der Waals surface area contributed by atoms with Crippen LogP contribution < -0.4 is 5.32 Å². The molecule has 1 aromatic carbocycles. The van der Waals surface area contributed by atoms with Gasteiger partial charge in [-0.3, -0.25) is 9.69 Å². The van der Waals surface area contributed by atoms with Crippen molar-refractivity contribution in [1.82, 2.24) is 10.2 Å². The second-order valence-electron chi connectivity index (χ2n) is 6.59. The van der Waals surface area contributed by atoms with Gasteiger partial charge < -0.3 is 15.2 Å². The molecule has 0 aromatic heterocycles. The number of piperidine rings is 1. The van der Waals surface area contributed by atoms with Crippen molar-refractivity contribution in [2.24, 2.45) is 5.92 Å². The fraction of sp³-hybridized carbons (Fsp3) is 0.526. The summed E-state index contributed by atoms with van der Waals surface area (Å²) in [6.07, 6.45) is 4.59. The van der Waals surface area contributed by atoms with E-state index in [0.717, 1.165) is 38.9 Å². The smallest absolute Gasteiger partial charge is 0.286 e. The molecule has 0 bridgehead atoms. The maximum Gasteiger partial charge on any atom is 0.286 e. The standard InChI is InChI=1S/C19H26N2O3/c22-14-16-9-10-21(12-15-6-2-1-3-7-15)13-17(16)20-19(23)18-8-4-5-11-24-18/h1-3,6-8,16-17,22H,4-5,9-14H2,(H,20,23). The second-order valence-corrected chi connectivity index (χ2v) is 6.59. The summed E-state index contributed by atoms with van der Waals surface area (Å²) in [5, 5.41) is 12.7. The molecular formula is C19H26N2O3. The lowest BCUT2D eigenvalue weighted by Crippen LogP contribution is -2.53. The molecule has 3 rings (SSSR count). The summed E-state index contributed by atoms with van der Waals surface area (Å²) in [5.41, 5.74) is 1.27. The topological polar surface area (TPSA) is 61.8 Å². The zero-order chi connectivity index (χ0) is 16.8. The van der Waals surface area contributed by atoms with E-state index in [4.69, 9.17) is 4.74 Å². The molecule has 1 aromatic rings. The van der Waals surface area contributed by atoms with E-state index in [9.17, 15) is 9.90 Å². The van der Waals surface area contributed by atoms with Crippen LogP contribution in [0.3, 0.4) is 0 Å². The quantitative estimate of drug-likeness (QED) is 0.862. The average Bonchev–Trinajstić information content (AvgIpc) is 2.63. The van der Waals surface area contributed by atoms with Gasteiger partial charge in [0.05, 0.1) is 6.61 Å². The van der Waals surface area contributed by atoms with Crippen LogP contribution >= 0.6 is 0 Å². The number of amides is 1. The number of carbonyl (C=O) groups excluding carboxylic acids is 1. The number of ether oxygens (including phenoxy) is 1. The molecule has 2 atom stereocenters. The maximum absolute atomic E-state index is 12.4. The lowest BCUT2D eigenvalue weighted by Gasteiger charge is -2.38. The van der Waals surface area contributed by atoms with Gasteiger partial charge in [-0.05, 0) is 37.4 Å². The highest BCUT2D eigenvalue weighted by Gasteiger charge is 2.31. The normalized spacial score (nSPS) is 24.8. The Morgan fingerprint density at radius 2 is 2.17 bits per heavy atom. The largest absolute Gasteiger partial charge is 0.488 e. The Hall–Kier alpha value is -1.85. The van der Waals surface area contributed by atoms with Crippen LogP contribution in [0.2, 0.25) is 0 Å². The summed E-state index contributed by atoms with van der Waals surface area (Å²) in [6.45, 7) is 3.26. The van der Waals surface area contributed by atoms with Crippen molar-refractivity contribution < 1.29 is 14.6 Å². The van der Waals surface area contributed by atoms with Crippen LogP contribution in [-0.4, -0.2) is 48.3 Å². The lowest BCUT2D eigenvalue weighted by atomic mass is 9.91. The van der Waals surface area contributed by atoms with Gasteiger partial charge in [0.2, 0.25) is 0 Å². The first-order valence-corrected chi connectivity index (χ1v) is 8.77. The molecule has 2 aliphatic rings. The molecule has 1 fully saturated rings. The Kier molecular flexibility index (Phi) is 5.88. The fourth-order valence-electron chi connectivity index (χ4n) is 3.39. The van der Waals surface area contributed by atoms with Crippen LogP contribution in [0.25, 0.3) is 0 Å². The summed E-state index contributed by atoms with van der Waals surface area (Å²) < 4.78 is 5.45. The van der Waals surface area contributed by atoms with E-state index < -0.39 is 0 Å². The molecule has 24 heavy (non-hydrogen) atoms. The molecule has 5 nitrogen and oxygen atoms in total. The van der Waals surface area contributed by atoms with Gasteiger partial charge in [-0.25, -0.2) is 0 Å². The van der Waals surface area contributed by atoms with Crippen molar-refractivity contribution >= 4 is 5.91 Å². The van der Waals surface area contributed by atoms with Crippen LogP contribution in [0.4, 0.5) is 0 Å². The van der Waals surface area contributed by atoms with Gasteiger partial charge in [0.15, 0.2) is 5.76 Å². The predicted molar refractivity (Wildman–Crippen MR) is 92.1 cm³/mol. The van der Waals surface area contributed by atoms with Gasteiger partial charge in [-0.1, -0.05) is 30.3 Å². The Bertz CT molecular complexity index is 573. The molecule has 2 N–H and O–H groups in total. The second kappa shape index (κ2) is 8.31. The van der Waals surface area contributed by atoms with Crippen LogP contribution in [-0.2, 0) is 16.1 Å². The molecule has 0 saturated carbocycles. The number of hydrogen-bond donors (Lipinski definition) is 2. The monoisotopic (exact) mass is 330 g/mol. The third-order valence-corrected chi connectivity index (χ3v) is 4.80. The minimum Gasteiger partial charge on any atom is -0.488 e. The molecule has 2 unspecified atom stereocenters. The molecule has 130 valence electrons. The minimum absolute atomic E-state index is 0.0496. The van der Waals surface area contributed by atoms with Crippen molar-refractivity contribution in [2.45, 2.75) is 31.8 Å². The Morgan fingerprint density at radius 1 is 1.33 bits per heavy atom. The van der Waals surface area contributed by atoms with Crippen LogP contribution in [0, 0.1) is 5.92 Å². The van der Waals surface area contributed by atoms with Crippen molar-refractivity contribution in [1.29, 1.82) is 0 Å². The van der Waals surface area contributed by atoms with Crippen molar-refractivity contribution in [3.8, 4) is 0 Å². The predicted octanol–water partition coefficient (Wildman–Crippen LogP) is 1.68. The average molecular weight is 330 g/mol. The van der Waals surface area contributed by atoms with E-state index in [0.29, 0.717) is 12.4 Å². The highest BCUT2D eigenvalue weighted by Crippen LogP contribution is 2.20. The Labute approximate surface area is 143 Å². The summed E-state index contributed by atoms with van der Waals surface area (Å²) in [5.74, 6) is 0.378. The van der Waals surface area contributed by atoms with Crippen molar-refractivity contribution in [3.05, 3.63) is 47.7 Å². The van der Waals surface area contributed by atoms with Gasteiger partial charge in [-0.2, -0.15) is 0 Å². The van der Waals surface area contributed by atoms with Crippen LogP contribution in [0.1, 0.15) is 24.8 Å². The van der Waals surface area contributed by atoms with E-state index >= 15 is 0 Å². The van der Waals surface area contributed by atoms with Gasteiger partial charge in [0, 0.05) is 31.7 Å². The maximum atomic E-state index is 12.4. The molecular weight excluding hydrogens is 304 g/mol. The molecule has 0 spiro atoms. The molecule has 0 aliphatic carbocycles. The number of benzene rings is 1. The Balaban J connectivity index is 1.60. The number of nitrogens with one attached hydrogen (secondary N) is 1. The molecule has 5 heteroatoms. The highest BCUT2D eigenvalue weighted by molar-refractivity contribution is 5.91. The zero-order valence-corrected chi connectivity index (χ0v) is 14.0. The van der Waals surface area contributed by atoms with E-state index in [1.165, 1.54) is 5.56 Å². The molecule has 1 amide bonds. The van der Waals surface area contributed by atoms with E-state index in [1.807, 2.05) is 24.3 Å². The number of hydrogen-bond acceptors (Lipinski definition) is 4. The first kappa shape index (κ1) is 17.0.